The van der Waals surface area contributed by atoms with Gasteiger partial charge in [0.15, 0.2) is 0 Å². The largest absolute Gasteiger partial charge is 0.573 e. The molecule has 4 aromatic carbocycles. The Bertz CT molecular complexity index is 1970. The summed E-state index contributed by atoms with van der Waals surface area (Å²) >= 11 is 0. The van der Waals surface area contributed by atoms with Crippen LogP contribution in [0.5, 0.6) is 11.6 Å². The van der Waals surface area contributed by atoms with Gasteiger partial charge in [0.05, 0.1) is 5.92 Å². The minimum absolute atomic E-state index is 0.0160. The lowest BCUT2D eigenvalue weighted by Gasteiger charge is -2.36. The van der Waals surface area contributed by atoms with Gasteiger partial charge < -0.3 is 18.9 Å². The molecule has 0 N–H and O–H groups in total. The van der Waals surface area contributed by atoms with E-state index in [1.54, 1.807) is 23.7 Å². The first-order chi connectivity index (χ1) is 27.7. The molecule has 5 aromatic rings. The smallest absolute Gasteiger partial charge is 0.472 e. The normalized spacial score (nSPS) is 18.3. The van der Waals surface area contributed by atoms with E-state index in [-0.39, 0.29) is 47.7 Å². The summed E-state index contributed by atoms with van der Waals surface area (Å²) in [6.45, 7) is 1.79. The number of hydrogen-bond acceptors (Lipinski definition) is 8. The van der Waals surface area contributed by atoms with E-state index in [1.165, 1.54) is 12.1 Å². The van der Waals surface area contributed by atoms with E-state index in [1.807, 2.05) is 91.0 Å². The van der Waals surface area contributed by atoms with Crippen molar-refractivity contribution in [1.29, 1.82) is 0 Å². The maximum atomic E-state index is 14.7. The van der Waals surface area contributed by atoms with Gasteiger partial charge >= 0.3 is 18.3 Å². The monoisotopic (exact) mass is 781 g/mol. The molecule has 0 radical (unpaired) electrons. The molecule has 0 spiro atoms. The van der Waals surface area contributed by atoms with Gasteiger partial charge in [0, 0.05) is 6.42 Å². The molecule has 1 atom stereocenters. The summed E-state index contributed by atoms with van der Waals surface area (Å²) < 4.78 is 62.3. The maximum absolute atomic E-state index is 14.7. The van der Waals surface area contributed by atoms with Crippen LogP contribution in [0.3, 0.4) is 0 Å². The zero-order chi connectivity index (χ0) is 39.8. The molecule has 1 unspecified atom stereocenters. The van der Waals surface area contributed by atoms with Gasteiger partial charge in [-0.1, -0.05) is 140 Å². The van der Waals surface area contributed by atoms with Crippen molar-refractivity contribution in [2.45, 2.75) is 101 Å². The van der Waals surface area contributed by atoms with Gasteiger partial charge in [0.1, 0.15) is 17.4 Å². The van der Waals surface area contributed by atoms with Crippen molar-refractivity contribution < 1.29 is 41.7 Å². The van der Waals surface area contributed by atoms with Crippen LogP contribution in [0.2, 0.25) is 0 Å². The third-order valence-corrected chi connectivity index (χ3v) is 11.0. The van der Waals surface area contributed by atoms with Gasteiger partial charge in [-0.05, 0) is 78.8 Å². The van der Waals surface area contributed by atoms with E-state index in [0.717, 1.165) is 54.4 Å². The van der Waals surface area contributed by atoms with Crippen LogP contribution in [0.25, 0.3) is 0 Å². The van der Waals surface area contributed by atoms with Crippen LogP contribution in [0.15, 0.2) is 115 Å². The van der Waals surface area contributed by atoms with Crippen molar-refractivity contribution in [2.75, 3.05) is 0 Å². The number of nitrogens with zero attached hydrogens (tertiary/aromatic N) is 3. The van der Waals surface area contributed by atoms with E-state index in [9.17, 15) is 22.8 Å². The molecule has 9 nitrogen and oxygen atoms in total. The molecule has 1 aromatic heterocycles. The quantitative estimate of drug-likeness (QED) is 0.0661. The van der Waals surface area contributed by atoms with Crippen LogP contribution in [-0.4, -0.2) is 45.7 Å². The SMILES string of the molecule is CCC(OC(=O)c1c(OC2CCC(c3ccc(OC(F)(F)F)cc3)CC2)nnn1C(c1ccccc1)(c1ccccc1)c1ccccc1)OC(=O)C1CCCCC1. The van der Waals surface area contributed by atoms with Gasteiger partial charge in [-0.3, -0.25) is 4.79 Å². The lowest BCUT2D eigenvalue weighted by atomic mass is 9.77. The molecular weight excluding hydrogens is 736 g/mol. The molecule has 0 amide bonds. The molecule has 0 saturated heterocycles. The Morgan fingerprint density at radius 2 is 1.26 bits per heavy atom. The number of hydrogen-bond donors (Lipinski definition) is 0. The molecule has 57 heavy (non-hydrogen) atoms. The first kappa shape index (κ1) is 39.6. The summed E-state index contributed by atoms with van der Waals surface area (Å²) in [7, 11) is 0. The molecule has 2 aliphatic rings. The van der Waals surface area contributed by atoms with Gasteiger partial charge in [-0.15, -0.1) is 13.2 Å². The van der Waals surface area contributed by atoms with Crippen LogP contribution in [0.1, 0.15) is 110 Å². The van der Waals surface area contributed by atoms with Crippen LogP contribution >= 0.6 is 0 Å². The number of halogens is 3. The van der Waals surface area contributed by atoms with Crippen LogP contribution in [0, 0.1) is 5.92 Å². The van der Waals surface area contributed by atoms with Crippen molar-refractivity contribution in [3.63, 3.8) is 0 Å². The second kappa shape index (κ2) is 17.7. The topological polar surface area (TPSA) is 102 Å². The molecule has 0 aliphatic heterocycles. The number of aromatic nitrogens is 3. The lowest BCUT2D eigenvalue weighted by Crippen LogP contribution is -2.41. The molecule has 12 heteroatoms. The summed E-state index contributed by atoms with van der Waals surface area (Å²) in [5, 5.41) is 9.24. The molecule has 0 bridgehead atoms. The van der Waals surface area contributed by atoms with Gasteiger partial charge in [0.2, 0.25) is 12.0 Å². The van der Waals surface area contributed by atoms with E-state index in [2.05, 4.69) is 9.84 Å². The number of carbonyl (C=O) groups is 2. The summed E-state index contributed by atoms with van der Waals surface area (Å²) in [5.74, 6) is -1.60. The van der Waals surface area contributed by atoms with E-state index in [4.69, 9.17) is 19.4 Å². The first-order valence-corrected chi connectivity index (χ1v) is 19.7. The molecule has 7 rings (SSSR count). The number of alkyl halides is 3. The third kappa shape index (κ3) is 9.00. The number of ether oxygens (including phenoxy) is 4. The Hall–Kier alpha value is -5.65. The Morgan fingerprint density at radius 3 is 1.77 bits per heavy atom. The standard InChI is InChI=1S/C45H46F3N3O6/c1-2-39(55-42(52)33-15-7-3-8-16-33)56-43(53)40-41(54-37-27-23-31(24-28-37)32-25-29-38(30-26-32)57-45(46,47)48)49-50-51(40)44(34-17-9-4-10-18-34,35-19-11-5-12-20-35)36-21-13-6-14-22-36/h4-6,9-14,17-22,25-26,29-31,33,37,39H,2-3,7-8,15-16,23-24,27-28H2,1H3. The molecule has 298 valence electrons. The minimum atomic E-state index is -4.76. The zero-order valence-electron chi connectivity index (χ0n) is 31.8. The first-order valence-electron chi connectivity index (χ1n) is 19.7. The zero-order valence-corrected chi connectivity index (χ0v) is 31.8. The van der Waals surface area contributed by atoms with Crippen LogP contribution in [-0.2, 0) is 19.8 Å². The highest BCUT2D eigenvalue weighted by Crippen LogP contribution is 2.43. The van der Waals surface area contributed by atoms with E-state index < -0.39 is 24.2 Å². The van der Waals surface area contributed by atoms with Crippen molar-refractivity contribution in [3.8, 4) is 11.6 Å². The Labute approximate surface area is 330 Å². The molecule has 2 fully saturated rings. The predicted molar refractivity (Wildman–Crippen MR) is 206 cm³/mol. The number of rotatable bonds is 13. The minimum Gasteiger partial charge on any atom is -0.472 e. The highest BCUT2D eigenvalue weighted by molar-refractivity contribution is 5.90. The Kier molecular flexibility index (Phi) is 12.3. The second-order valence-electron chi connectivity index (χ2n) is 14.7. The number of esters is 2. The fraction of sp³-hybridized carbons (Fsp3) is 0.378. The molecule has 2 aliphatic carbocycles. The van der Waals surface area contributed by atoms with E-state index >= 15 is 0 Å². The molecular formula is C45H46F3N3O6. The van der Waals surface area contributed by atoms with Crippen LogP contribution in [0.4, 0.5) is 13.2 Å². The highest BCUT2D eigenvalue weighted by Gasteiger charge is 2.45. The van der Waals surface area contributed by atoms with Crippen molar-refractivity contribution in [3.05, 3.63) is 143 Å². The average molecular weight is 782 g/mol. The van der Waals surface area contributed by atoms with E-state index in [0.29, 0.717) is 25.7 Å². The summed E-state index contributed by atoms with van der Waals surface area (Å²) in [5.41, 5.74) is 2.04. The van der Waals surface area contributed by atoms with Crippen LogP contribution < -0.4 is 9.47 Å². The third-order valence-electron chi connectivity index (χ3n) is 11.0. The second-order valence-corrected chi connectivity index (χ2v) is 14.7. The molecule has 2 saturated carbocycles. The summed E-state index contributed by atoms with van der Waals surface area (Å²) in [6.07, 6.45) is 0.998. The van der Waals surface area contributed by atoms with Gasteiger partial charge in [0.25, 0.3) is 5.88 Å². The Balaban J connectivity index is 1.24. The van der Waals surface area contributed by atoms with Gasteiger partial charge in [-0.25, -0.2) is 9.48 Å². The maximum Gasteiger partial charge on any atom is 0.573 e. The highest BCUT2D eigenvalue weighted by atomic mass is 19.4. The Morgan fingerprint density at radius 1 is 0.719 bits per heavy atom. The fourth-order valence-electron chi connectivity index (χ4n) is 8.20. The van der Waals surface area contributed by atoms with Crippen molar-refractivity contribution in [2.24, 2.45) is 5.92 Å². The summed E-state index contributed by atoms with van der Waals surface area (Å²) in [6, 6.07) is 35.1. The molecule has 1 heterocycles. The van der Waals surface area contributed by atoms with Crippen molar-refractivity contribution >= 4 is 11.9 Å². The van der Waals surface area contributed by atoms with Crippen molar-refractivity contribution in [1.82, 2.24) is 15.0 Å². The predicted octanol–water partition coefficient (Wildman–Crippen LogP) is 10.1. The number of benzene rings is 4. The average Bonchev–Trinajstić information content (AvgIpc) is 3.66. The summed E-state index contributed by atoms with van der Waals surface area (Å²) in [4.78, 5) is 28.0. The van der Waals surface area contributed by atoms with Gasteiger partial charge in [-0.2, -0.15) is 0 Å². The lowest BCUT2D eigenvalue weighted by molar-refractivity contribution is -0.274. The fourth-order valence-corrected chi connectivity index (χ4v) is 8.20. The number of carbonyl (C=O) groups excluding carboxylic acids is 2.